The predicted molar refractivity (Wildman–Crippen MR) is 98.9 cm³/mol. The topological polar surface area (TPSA) is 73.9 Å². The fourth-order valence-electron chi connectivity index (χ4n) is 2.08. The highest BCUT2D eigenvalue weighted by atomic mass is 35.5. The van der Waals surface area contributed by atoms with Gasteiger partial charge in [-0.05, 0) is 61.9 Å². The van der Waals surface area contributed by atoms with Gasteiger partial charge >= 0.3 is 5.97 Å². The van der Waals surface area contributed by atoms with E-state index >= 15 is 0 Å². The maximum Gasteiger partial charge on any atom is 0.344 e. The van der Waals surface area contributed by atoms with Gasteiger partial charge in [-0.3, -0.25) is 4.79 Å². The first-order valence-electron chi connectivity index (χ1n) is 8.05. The standard InChI is InChI=1S/C19H20ClNO5/c1-3-24-15-5-7-16(8-6-15)25-12-19(23)26-11-18(22)21-17-9-4-14(20)10-13(17)2/h4-10H,3,11-12H2,1-2H3,(H,21,22). The summed E-state index contributed by atoms with van der Waals surface area (Å²) in [4.78, 5) is 23.5. The Bertz CT molecular complexity index is 761. The second-order valence-corrected chi connectivity index (χ2v) is 5.80. The van der Waals surface area contributed by atoms with Crippen LogP contribution in [-0.2, 0) is 14.3 Å². The van der Waals surface area contributed by atoms with Crippen LogP contribution in [0.4, 0.5) is 5.69 Å². The number of hydrogen-bond donors (Lipinski definition) is 1. The number of aryl methyl sites for hydroxylation is 1. The van der Waals surface area contributed by atoms with Gasteiger partial charge in [0.2, 0.25) is 0 Å². The Kier molecular flexibility index (Phi) is 7.29. The lowest BCUT2D eigenvalue weighted by atomic mass is 10.2. The van der Waals surface area contributed by atoms with Crippen LogP contribution in [-0.4, -0.2) is 31.7 Å². The minimum atomic E-state index is -0.637. The Morgan fingerprint density at radius 1 is 1.00 bits per heavy atom. The number of carbonyl (C=O) groups excluding carboxylic acids is 2. The molecule has 6 nitrogen and oxygen atoms in total. The third kappa shape index (κ3) is 6.29. The molecule has 0 radical (unpaired) electrons. The molecule has 0 saturated carbocycles. The van der Waals surface area contributed by atoms with Crippen molar-refractivity contribution in [2.45, 2.75) is 13.8 Å². The number of anilines is 1. The average molecular weight is 378 g/mol. The van der Waals surface area contributed by atoms with E-state index in [0.29, 0.717) is 23.1 Å². The summed E-state index contributed by atoms with van der Waals surface area (Å²) in [7, 11) is 0. The molecular weight excluding hydrogens is 358 g/mol. The number of nitrogens with one attached hydrogen (secondary N) is 1. The molecule has 0 heterocycles. The number of carbonyl (C=O) groups is 2. The molecule has 7 heteroatoms. The Balaban J connectivity index is 1.73. The molecule has 1 N–H and O–H groups in total. The summed E-state index contributed by atoms with van der Waals surface area (Å²) in [5.74, 6) is 0.148. The van der Waals surface area contributed by atoms with E-state index in [1.165, 1.54) is 0 Å². The van der Waals surface area contributed by atoms with E-state index in [1.807, 2.05) is 13.8 Å². The lowest BCUT2D eigenvalue weighted by Crippen LogP contribution is -2.24. The van der Waals surface area contributed by atoms with Crippen molar-refractivity contribution in [2.75, 3.05) is 25.1 Å². The van der Waals surface area contributed by atoms with Gasteiger partial charge in [0, 0.05) is 10.7 Å². The van der Waals surface area contributed by atoms with Crippen LogP contribution in [0.2, 0.25) is 5.02 Å². The van der Waals surface area contributed by atoms with Gasteiger partial charge in [0.25, 0.3) is 5.91 Å². The van der Waals surface area contributed by atoms with Crippen LogP contribution in [0.25, 0.3) is 0 Å². The van der Waals surface area contributed by atoms with E-state index in [2.05, 4.69) is 5.32 Å². The van der Waals surface area contributed by atoms with Crippen molar-refractivity contribution in [3.05, 3.63) is 53.1 Å². The summed E-state index contributed by atoms with van der Waals surface area (Å²) in [5.41, 5.74) is 1.43. The minimum Gasteiger partial charge on any atom is -0.494 e. The van der Waals surface area contributed by atoms with E-state index in [4.69, 9.17) is 25.8 Å². The van der Waals surface area contributed by atoms with Crippen molar-refractivity contribution >= 4 is 29.2 Å². The van der Waals surface area contributed by atoms with Crippen molar-refractivity contribution in [3.8, 4) is 11.5 Å². The second-order valence-electron chi connectivity index (χ2n) is 5.36. The zero-order chi connectivity index (χ0) is 18.9. The van der Waals surface area contributed by atoms with Crippen LogP contribution >= 0.6 is 11.6 Å². The number of esters is 1. The summed E-state index contributed by atoms with van der Waals surface area (Å²) in [6.07, 6.45) is 0. The second kappa shape index (κ2) is 9.68. The number of ether oxygens (including phenoxy) is 3. The molecule has 1 amide bonds. The Labute approximate surface area is 157 Å². The van der Waals surface area contributed by atoms with Crippen LogP contribution in [0.15, 0.2) is 42.5 Å². The van der Waals surface area contributed by atoms with Gasteiger partial charge in [-0.2, -0.15) is 0 Å². The SMILES string of the molecule is CCOc1ccc(OCC(=O)OCC(=O)Nc2ccc(Cl)cc2C)cc1. The van der Waals surface area contributed by atoms with Gasteiger partial charge in [-0.25, -0.2) is 4.79 Å². The fraction of sp³-hybridized carbons (Fsp3) is 0.263. The number of halogens is 1. The van der Waals surface area contributed by atoms with Crippen LogP contribution < -0.4 is 14.8 Å². The summed E-state index contributed by atoms with van der Waals surface area (Å²) < 4.78 is 15.5. The molecule has 0 aromatic heterocycles. The third-order valence-electron chi connectivity index (χ3n) is 3.32. The first-order valence-corrected chi connectivity index (χ1v) is 8.43. The Morgan fingerprint density at radius 3 is 2.27 bits per heavy atom. The van der Waals surface area contributed by atoms with Crippen molar-refractivity contribution < 1.29 is 23.8 Å². The van der Waals surface area contributed by atoms with Gasteiger partial charge in [-0.15, -0.1) is 0 Å². The van der Waals surface area contributed by atoms with Gasteiger partial charge < -0.3 is 19.5 Å². The monoisotopic (exact) mass is 377 g/mol. The molecule has 0 spiro atoms. The van der Waals surface area contributed by atoms with Crippen molar-refractivity contribution in [2.24, 2.45) is 0 Å². The highest BCUT2D eigenvalue weighted by molar-refractivity contribution is 6.30. The van der Waals surface area contributed by atoms with Gasteiger partial charge in [0.15, 0.2) is 13.2 Å². The highest BCUT2D eigenvalue weighted by Gasteiger charge is 2.10. The van der Waals surface area contributed by atoms with E-state index in [-0.39, 0.29) is 6.61 Å². The van der Waals surface area contributed by atoms with Gasteiger partial charge in [0.05, 0.1) is 6.61 Å². The van der Waals surface area contributed by atoms with Crippen LogP contribution in [0.1, 0.15) is 12.5 Å². The van der Waals surface area contributed by atoms with Crippen LogP contribution in [0, 0.1) is 6.92 Å². The zero-order valence-corrected chi connectivity index (χ0v) is 15.3. The Hall–Kier alpha value is -2.73. The molecule has 2 aromatic rings. The molecule has 0 atom stereocenters. The number of hydrogen-bond acceptors (Lipinski definition) is 5. The fourth-order valence-corrected chi connectivity index (χ4v) is 2.31. The lowest BCUT2D eigenvalue weighted by Gasteiger charge is -2.10. The molecule has 0 bridgehead atoms. The Morgan fingerprint density at radius 2 is 1.65 bits per heavy atom. The van der Waals surface area contributed by atoms with Gasteiger partial charge in [0.1, 0.15) is 11.5 Å². The first-order chi connectivity index (χ1) is 12.5. The predicted octanol–water partition coefficient (Wildman–Crippen LogP) is 3.61. The summed E-state index contributed by atoms with van der Waals surface area (Å²) in [6.45, 7) is 3.60. The maximum atomic E-state index is 11.9. The maximum absolute atomic E-state index is 11.9. The molecule has 138 valence electrons. The lowest BCUT2D eigenvalue weighted by molar-refractivity contribution is -0.149. The number of rotatable bonds is 8. The largest absolute Gasteiger partial charge is 0.494 e. The van der Waals surface area contributed by atoms with Gasteiger partial charge in [-0.1, -0.05) is 11.6 Å². The molecular formula is C19H20ClNO5. The first kappa shape index (κ1) is 19.6. The average Bonchev–Trinajstić information content (AvgIpc) is 2.62. The van der Waals surface area contributed by atoms with Crippen LogP contribution in [0.3, 0.4) is 0 Å². The van der Waals surface area contributed by atoms with Crippen molar-refractivity contribution in [1.82, 2.24) is 0 Å². The highest BCUT2D eigenvalue weighted by Crippen LogP contribution is 2.19. The minimum absolute atomic E-state index is 0.290. The molecule has 0 unspecified atom stereocenters. The van der Waals surface area contributed by atoms with E-state index < -0.39 is 18.5 Å². The quantitative estimate of drug-likeness (QED) is 0.711. The van der Waals surface area contributed by atoms with Crippen LogP contribution in [0.5, 0.6) is 11.5 Å². The van der Waals surface area contributed by atoms with Crippen molar-refractivity contribution in [1.29, 1.82) is 0 Å². The molecule has 0 saturated heterocycles. The van der Waals surface area contributed by atoms with E-state index in [9.17, 15) is 9.59 Å². The molecule has 0 aliphatic rings. The van der Waals surface area contributed by atoms with E-state index in [1.54, 1.807) is 42.5 Å². The summed E-state index contributed by atoms with van der Waals surface area (Å²) in [5, 5.41) is 3.24. The number of benzene rings is 2. The smallest absolute Gasteiger partial charge is 0.344 e. The van der Waals surface area contributed by atoms with E-state index in [0.717, 1.165) is 11.3 Å². The third-order valence-corrected chi connectivity index (χ3v) is 3.55. The summed E-state index contributed by atoms with van der Waals surface area (Å²) in [6, 6.07) is 11.9. The number of amides is 1. The molecule has 0 aliphatic carbocycles. The molecule has 2 aromatic carbocycles. The molecule has 0 aliphatic heterocycles. The molecule has 2 rings (SSSR count). The molecule has 0 fully saturated rings. The molecule has 26 heavy (non-hydrogen) atoms. The normalized spacial score (nSPS) is 10.1. The zero-order valence-electron chi connectivity index (χ0n) is 14.6. The summed E-state index contributed by atoms with van der Waals surface area (Å²) >= 11 is 5.86. The van der Waals surface area contributed by atoms with Crippen molar-refractivity contribution in [3.63, 3.8) is 0 Å².